The van der Waals surface area contributed by atoms with Crippen molar-refractivity contribution in [2.45, 2.75) is 12.3 Å². The van der Waals surface area contributed by atoms with Crippen LogP contribution in [-0.2, 0) is 15.4 Å². The summed E-state index contributed by atoms with van der Waals surface area (Å²) in [6, 6.07) is 7.42. The van der Waals surface area contributed by atoms with Crippen molar-refractivity contribution in [1.82, 2.24) is 4.90 Å². The van der Waals surface area contributed by atoms with Crippen molar-refractivity contribution in [1.29, 1.82) is 0 Å². The summed E-state index contributed by atoms with van der Waals surface area (Å²) in [6.45, 7) is 2.39. The first kappa shape index (κ1) is 17.0. The number of halogens is 1. The Morgan fingerprint density at radius 3 is 2.60 bits per heavy atom. The first-order valence-corrected chi connectivity index (χ1v) is 7.18. The predicted octanol–water partition coefficient (Wildman–Crippen LogP) is 2.55. The number of hydrogen-bond donors (Lipinski definition) is 0. The zero-order valence-electron chi connectivity index (χ0n) is 12.1. The molecule has 0 bridgehead atoms. The van der Waals surface area contributed by atoms with Crippen LogP contribution in [-0.4, -0.2) is 51.3 Å². The third kappa shape index (κ3) is 5.49. The van der Waals surface area contributed by atoms with Crippen molar-refractivity contribution in [3.63, 3.8) is 0 Å². The Hall–Kier alpha value is -1.10. The summed E-state index contributed by atoms with van der Waals surface area (Å²) >= 11 is 5.81. The van der Waals surface area contributed by atoms with Crippen LogP contribution in [0.15, 0.2) is 24.3 Å². The molecular weight excluding hydrogens is 278 g/mol. The van der Waals surface area contributed by atoms with Crippen molar-refractivity contribution in [2.75, 3.05) is 40.5 Å². The lowest BCUT2D eigenvalue weighted by Gasteiger charge is -2.22. The zero-order valence-corrected chi connectivity index (χ0v) is 12.9. The van der Waals surface area contributed by atoms with Crippen LogP contribution in [0.5, 0.6) is 0 Å². The highest BCUT2D eigenvalue weighted by atomic mass is 35.5. The molecule has 1 aromatic carbocycles. The Morgan fingerprint density at radius 2 is 1.95 bits per heavy atom. The lowest BCUT2D eigenvalue weighted by Crippen LogP contribution is -2.35. The van der Waals surface area contributed by atoms with Gasteiger partial charge in [0.1, 0.15) is 0 Å². The molecule has 112 valence electrons. The van der Waals surface area contributed by atoms with E-state index in [1.165, 1.54) is 0 Å². The highest BCUT2D eigenvalue weighted by Crippen LogP contribution is 2.11. The van der Waals surface area contributed by atoms with E-state index in [9.17, 15) is 4.79 Å². The first-order chi connectivity index (χ1) is 9.72. The van der Waals surface area contributed by atoms with E-state index in [1.54, 1.807) is 19.1 Å². The van der Waals surface area contributed by atoms with Crippen molar-refractivity contribution < 1.29 is 14.3 Å². The highest BCUT2D eigenvalue weighted by Gasteiger charge is 2.15. The number of amides is 1. The number of carbonyl (C=O) groups excluding carboxylic acids is 1. The van der Waals surface area contributed by atoms with Crippen molar-refractivity contribution in [2.24, 2.45) is 0 Å². The van der Waals surface area contributed by atoms with Crippen LogP contribution in [0.3, 0.4) is 0 Å². The molecule has 5 heteroatoms. The van der Waals surface area contributed by atoms with Gasteiger partial charge in [-0.3, -0.25) is 4.79 Å². The molecule has 4 nitrogen and oxygen atoms in total. The minimum atomic E-state index is 0.00474. The summed E-state index contributed by atoms with van der Waals surface area (Å²) in [5.74, 6) is 0.410. The van der Waals surface area contributed by atoms with Crippen molar-refractivity contribution in [3.05, 3.63) is 35.4 Å². The van der Waals surface area contributed by atoms with Gasteiger partial charge in [0.05, 0.1) is 6.61 Å². The van der Waals surface area contributed by atoms with E-state index in [4.69, 9.17) is 21.1 Å². The third-order valence-corrected chi connectivity index (χ3v) is 3.27. The molecule has 0 aliphatic rings. The number of methoxy groups -OCH3 is 2. The smallest absolute Gasteiger partial charge is 0.253 e. The van der Waals surface area contributed by atoms with Gasteiger partial charge in [0.25, 0.3) is 5.91 Å². The first-order valence-electron chi connectivity index (χ1n) is 6.65. The van der Waals surface area contributed by atoms with Gasteiger partial charge in [-0.1, -0.05) is 12.1 Å². The van der Waals surface area contributed by atoms with Gasteiger partial charge in [-0.05, 0) is 24.1 Å². The van der Waals surface area contributed by atoms with E-state index in [2.05, 4.69) is 0 Å². The normalized spacial score (nSPS) is 10.6. The second-order valence-corrected chi connectivity index (χ2v) is 4.73. The average molecular weight is 300 g/mol. The zero-order chi connectivity index (χ0) is 14.8. The largest absolute Gasteiger partial charge is 0.385 e. The topological polar surface area (TPSA) is 38.8 Å². The Kier molecular flexibility index (Phi) is 8.26. The Balaban J connectivity index is 2.73. The Bertz CT molecular complexity index is 412. The summed E-state index contributed by atoms with van der Waals surface area (Å²) in [6.07, 6.45) is 0.807. The fourth-order valence-corrected chi connectivity index (χ4v) is 2.05. The van der Waals surface area contributed by atoms with E-state index in [-0.39, 0.29) is 5.91 Å². The van der Waals surface area contributed by atoms with Crippen LogP contribution in [0.25, 0.3) is 0 Å². The van der Waals surface area contributed by atoms with E-state index in [1.807, 2.05) is 24.3 Å². The van der Waals surface area contributed by atoms with Gasteiger partial charge in [-0.15, -0.1) is 11.6 Å². The van der Waals surface area contributed by atoms with Gasteiger partial charge in [-0.2, -0.15) is 0 Å². The standard InChI is InChI=1S/C15H22ClNO3/c1-19-9-4-7-17(8-10-20-2)15(18)14-6-3-5-13(11-14)12-16/h3,5-6,11H,4,7-10,12H2,1-2H3. The molecule has 0 aliphatic carbocycles. The number of nitrogens with zero attached hydrogens (tertiary/aromatic N) is 1. The third-order valence-electron chi connectivity index (χ3n) is 2.96. The van der Waals surface area contributed by atoms with Crippen LogP contribution in [0, 0.1) is 0 Å². The molecule has 0 radical (unpaired) electrons. The van der Waals surface area contributed by atoms with Gasteiger partial charge < -0.3 is 14.4 Å². The molecule has 1 rings (SSSR count). The maximum atomic E-state index is 12.5. The second-order valence-electron chi connectivity index (χ2n) is 4.47. The molecule has 0 saturated heterocycles. The molecule has 1 aromatic rings. The molecule has 0 aromatic heterocycles. The molecule has 0 unspecified atom stereocenters. The molecule has 0 aliphatic heterocycles. The summed E-state index contributed by atoms with van der Waals surface area (Å²) in [5.41, 5.74) is 1.61. The fraction of sp³-hybridized carbons (Fsp3) is 0.533. The highest BCUT2D eigenvalue weighted by molar-refractivity contribution is 6.17. The van der Waals surface area contributed by atoms with Gasteiger partial charge in [-0.25, -0.2) is 0 Å². The van der Waals surface area contributed by atoms with Gasteiger partial charge in [0.15, 0.2) is 0 Å². The van der Waals surface area contributed by atoms with Gasteiger partial charge >= 0.3 is 0 Å². The Labute approximate surface area is 125 Å². The second kappa shape index (κ2) is 9.75. The van der Waals surface area contributed by atoms with Crippen molar-refractivity contribution >= 4 is 17.5 Å². The minimum absolute atomic E-state index is 0.00474. The van der Waals surface area contributed by atoms with E-state index in [0.717, 1.165) is 12.0 Å². The Morgan fingerprint density at radius 1 is 1.20 bits per heavy atom. The minimum Gasteiger partial charge on any atom is -0.385 e. The lowest BCUT2D eigenvalue weighted by atomic mass is 10.1. The number of carbonyl (C=O) groups is 1. The molecule has 0 heterocycles. The number of benzene rings is 1. The summed E-state index contributed by atoms with van der Waals surface area (Å²) in [4.78, 5) is 14.3. The number of hydrogen-bond acceptors (Lipinski definition) is 3. The van der Waals surface area contributed by atoms with Crippen LogP contribution in [0.2, 0.25) is 0 Å². The molecule has 0 fully saturated rings. The molecule has 0 saturated carbocycles. The van der Waals surface area contributed by atoms with Crippen LogP contribution in [0.4, 0.5) is 0 Å². The van der Waals surface area contributed by atoms with Crippen molar-refractivity contribution in [3.8, 4) is 0 Å². The average Bonchev–Trinajstić information content (AvgIpc) is 2.50. The SMILES string of the molecule is COCCCN(CCOC)C(=O)c1cccc(CCl)c1. The summed E-state index contributed by atoms with van der Waals surface area (Å²) < 4.78 is 10.1. The number of alkyl halides is 1. The van der Waals surface area contributed by atoms with Gasteiger partial charge in [0.2, 0.25) is 0 Å². The van der Waals surface area contributed by atoms with Gasteiger partial charge in [0, 0.05) is 45.4 Å². The van der Waals surface area contributed by atoms with E-state index in [0.29, 0.717) is 37.7 Å². The summed E-state index contributed by atoms with van der Waals surface area (Å²) in [7, 11) is 3.29. The van der Waals surface area contributed by atoms with Crippen LogP contribution < -0.4 is 0 Å². The molecular formula is C15H22ClNO3. The molecule has 1 amide bonds. The molecule has 20 heavy (non-hydrogen) atoms. The van der Waals surface area contributed by atoms with Crippen LogP contribution in [0.1, 0.15) is 22.3 Å². The molecule has 0 N–H and O–H groups in total. The maximum Gasteiger partial charge on any atom is 0.253 e. The number of rotatable bonds is 9. The monoisotopic (exact) mass is 299 g/mol. The quantitative estimate of drug-likeness (QED) is 0.519. The van der Waals surface area contributed by atoms with E-state index < -0.39 is 0 Å². The maximum absolute atomic E-state index is 12.5. The number of ether oxygens (including phenoxy) is 2. The fourth-order valence-electron chi connectivity index (χ4n) is 1.89. The molecule has 0 spiro atoms. The molecule has 0 atom stereocenters. The van der Waals surface area contributed by atoms with E-state index >= 15 is 0 Å². The van der Waals surface area contributed by atoms with Crippen LogP contribution >= 0.6 is 11.6 Å². The summed E-state index contributed by atoms with van der Waals surface area (Å²) in [5, 5.41) is 0. The lowest BCUT2D eigenvalue weighted by molar-refractivity contribution is 0.0674. The predicted molar refractivity (Wildman–Crippen MR) is 80.3 cm³/mol.